The van der Waals surface area contributed by atoms with Crippen LogP contribution in [0.25, 0.3) is 0 Å². The van der Waals surface area contributed by atoms with Crippen LogP contribution in [0, 0.1) is 5.82 Å². The summed E-state index contributed by atoms with van der Waals surface area (Å²) in [5.41, 5.74) is 0.708. The number of hydrogen-bond acceptors (Lipinski definition) is 5. The Hall–Kier alpha value is -1.14. The van der Waals surface area contributed by atoms with Crippen molar-refractivity contribution in [1.29, 1.82) is 0 Å². The number of thioether (sulfide) groups is 1. The van der Waals surface area contributed by atoms with Crippen LogP contribution < -0.4 is 5.32 Å². The minimum Gasteiger partial charge on any atom is -0.357 e. The lowest BCUT2D eigenvalue weighted by atomic mass is 9.96. The first-order valence-corrected chi connectivity index (χ1v) is 9.08. The van der Waals surface area contributed by atoms with Gasteiger partial charge in [-0.25, -0.2) is 4.39 Å². The van der Waals surface area contributed by atoms with E-state index in [-0.39, 0.29) is 5.82 Å². The first-order chi connectivity index (χ1) is 10.3. The molecule has 1 heterocycles. The van der Waals surface area contributed by atoms with E-state index in [1.54, 1.807) is 17.4 Å². The van der Waals surface area contributed by atoms with Crippen LogP contribution >= 0.6 is 23.1 Å². The van der Waals surface area contributed by atoms with Crippen molar-refractivity contribution in [2.45, 2.75) is 48.2 Å². The second-order valence-corrected chi connectivity index (χ2v) is 7.43. The average molecular weight is 323 g/mol. The van der Waals surface area contributed by atoms with Crippen LogP contribution in [0.15, 0.2) is 28.6 Å². The minimum atomic E-state index is -0.157. The molecule has 0 aliphatic heterocycles. The summed E-state index contributed by atoms with van der Waals surface area (Å²) in [5.74, 6) is 0.431. The van der Waals surface area contributed by atoms with E-state index < -0.39 is 0 Å². The third-order valence-corrected chi connectivity index (χ3v) is 5.68. The van der Waals surface area contributed by atoms with Crippen LogP contribution in [-0.4, -0.2) is 16.2 Å². The highest BCUT2D eigenvalue weighted by Gasteiger charge is 2.15. The zero-order valence-electron chi connectivity index (χ0n) is 11.7. The van der Waals surface area contributed by atoms with Gasteiger partial charge < -0.3 is 5.32 Å². The van der Waals surface area contributed by atoms with E-state index in [2.05, 4.69) is 15.5 Å². The van der Waals surface area contributed by atoms with Gasteiger partial charge in [-0.05, 0) is 24.5 Å². The van der Waals surface area contributed by atoms with Gasteiger partial charge in [-0.2, -0.15) is 0 Å². The van der Waals surface area contributed by atoms with Crippen LogP contribution in [0.3, 0.4) is 0 Å². The molecule has 0 atom stereocenters. The molecule has 6 heteroatoms. The highest BCUT2D eigenvalue weighted by atomic mass is 32.2. The quantitative estimate of drug-likeness (QED) is 0.808. The maximum Gasteiger partial charge on any atom is 0.206 e. The summed E-state index contributed by atoms with van der Waals surface area (Å²) in [6.45, 7) is 0. The normalized spacial score (nSPS) is 16.0. The van der Waals surface area contributed by atoms with Crippen molar-refractivity contribution in [3.8, 4) is 0 Å². The van der Waals surface area contributed by atoms with Crippen LogP contribution in [0.5, 0.6) is 0 Å². The highest BCUT2D eigenvalue weighted by Crippen LogP contribution is 2.30. The molecule has 0 radical (unpaired) electrons. The fourth-order valence-electron chi connectivity index (χ4n) is 2.50. The fourth-order valence-corrected chi connectivity index (χ4v) is 4.32. The van der Waals surface area contributed by atoms with Crippen molar-refractivity contribution < 1.29 is 4.39 Å². The molecule has 0 spiro atoms. The van der Waals surface area contributed by atoms with Crippen molar-refractivity contribution in [2.75, 3.05) is 5.32 Å². The number of nitrogens with zero attached hydrogens (tertiary/aromatic N) is 2. The molecule has 0 unspecified atom stereocenters. The molecule has 1 aliphatic rings. The lowest BCUT2D eigenvalue weighted by molar-refractivity contribution is 0.462. The molecule has 1 fully saturated rings. The van der Waals surface area contributed by atoms with E-state index in [1.165, 1.54) is 49.9 Å². The van der Waals surface area contributed by atoms with Gasteiger partial charge in [-0.15, -0.1) is 10.2 Å². The van der Waals surface area contributed by atoms with Gasteiger partial charge >= 0.3 is 0 Å². The number of aromatic nitrogens is 2. The van der Waals surface area contributed by atoms with Crippen molar-refractivity contribution in [3.05, 3.63) is 35.6 Å². The van der Waals surface area contributed by atoms with E-state index >= 15 is 0 Å². The third-order valence-electron chi connectivity index (χ3n) is 3.65. The van der Waals surface area contributed by atoms with Crippen molar-refractivity contribution in [1.82, 2.24) is 10.2 Å². The molecule has 112 valence electrons. The Labute approximate surface area is 132 Å². The predicted molar refractivity (Wildman–Crippen MR) is 86.4 cm³/mol. The molecule has 0 amide bonds. The van der Waals surface area contributed by atoms with Gasteiger partial charge in [-0.3, -0.25) is 0 Å². The molecule has 1 aromatic heterocycles. The van der Waals surface area contributed by atoms with Crippen molar-refractivity contribution in [3.63, 3.8) is 0 Å². The van der Waals surface area contributed by atoms with Gasteiger partial charge in [0.05, 0.1) is 0 Å². The Morgan fingerprint density at radius 1 is 1.19 bits per heavy atom. The Morgan fingerprint density at radius 3 is 2.81 bits per heavy atom. The highest BCUT2D eigenvalue weighted by molar-refractivity contribution is 8.00. The number of nitrogens with one attached hydrogen (secondary N) is 1. The molecule has 0 saturated heterocycles. The number of anilines is 1. The average Bonchev–Trinajstić information content (AvgIpc) is 2.95. The largest absolute Gasteiger partial charge is 0.357 e. The molecule has 1 N–H and O–H groups in total. The van der Waals surface area contributed by atoms with E-state index in [9.17, 15) is 4.39 Å². The van der Waals surface area contributed by atoms with E-state index in [4.69, 9.17) is 0 Å². The molecular formula is C15H18FN3S2. The molecule has 3 nitrogen and oxygen atoms in total. The first kappa shape index (κ1) is 14.8. The van der Waals surface area contributed by atoms with Crippen LogP contribution in [0.1, 0.15) is 37.7 Å². The van der Waals surface area contributed by atoms with Crippen molar-refractivity contribution in [2.24, 2.45) is 0 Å². The molecule has 1 aromatic carbocycles. The van der Waals surface area contributed by atoms with Crippen LogP contribution in [0.4, 0.5) is 9.52 Å². The van der Waals surface area contributed by atoms with E-state index in [0.717, 1.165) is 9.47 Å². The summed E-state index contributed by atoms with van der Waals surface area (Å²) in [4.78, 5) is 0. The second-order valence-electron chi connectivity index (χ2n) is 5.23. The topological polar surface area (TPSA) is 37.8 Å². The van der Waals surface area contributed by atoms with E-state index in [1.807, 2.05) is 12.1 Å². The Bertz CT molecular complexity index is 582. The smallest absolute Gasteiger partial charge is 0.206 e. The maximum absolute atomic E-state index is 13.5. The summed E-state index contributed by atoms with van der Waals surface area (Å²) < 4.78 is 14.4. The van der Waals surface area contributed by atoms with Gasteiger partial charge in [0.1, 0.15) is 5.82 Å². The second kappa shape index (κ2) is 7.22. The van der Waals surface area contributed by atoms with Gasteiger partial charge in [0.2, 0.25) is 5.13 Å². The van der Waals surface area contributed by atoms with Gasteiger partial charge in [0.25, 0.3) is 0 Å². The Kier molecular flexibility index (Phi) is 5.08. The predicted octanol–water partition coefficient (Wildman–Crippen LogP) is 4.71. The minimum absolute atomic E-state index is 0.157. The van der Waals surface area contributed by atoms with E-state index in [0.29, 0.717) is 17.4 Å². The lowest BCUT2D eigenvalue weighted by Gasteiger charge is -2.21. The number of benzene rings is 1. The first-order valence-electron chi connectivity index (χ1n) is 7.27. The van der Waals surface area contributed by atoms with Crippen LogP contribution in [0.2, 0.25) is 0 Å². The lowest BCUT2D eigenvalue weighted by Crippen LogP contribution is -2.21. The van der Waals surface area contributed by atoms with Crippen molar-refractivity contribution >= 4 is 28.2 Å². The SMILES string of the molecule is Fc1ccccc1CSc1nnc(NC2CCCCC2)s1. The molecule has 21 heavy (non-hydrogen) atoms. The summed E-state index contributed by atoms with van der Waals surface area (Å²) in [6.07, 6.45) is 6.38. The van der Waals surface area contributed by atoms with Crippen LogP contribution in [-0.2, 0) is 5.75 Å². The summed E-state index contributed by atoms with van der Waals surface area (Å²) in [5, 5.41) is 12.7. The Morgan fingerprint density at radius 2 is 2.00 bits per heavy atom. The molecular weight excluding hydrogens is 305 g/mol. The number of halogens is 1. The zero-order chi connectivity index (χ0) is 14.5. The monoisotopic (exact) mass is 323 g/mol. The molecule has 2 aromatic rings. The fraction of sp³-hybridized carbons (Fsp3) is 0.467. The molecule has 3 rings (SSSR count). The number of hydrogen-bond donors (Lipinski definition) is 1. The molecule has 1 aliphatic carbocycles. The molecule has 1 saturated carbocycles. The number of rotatable bonds is 5. The third kappa shape index (κ3) is 4.17. The standard InChI is InChI=1S/C15H18FN3S2/c16-13-9-5-4-6-11(13)10-20-15-19-18-14(21-15)17-12-7-2-1-3-8-12/h4-6,9,12H,1-3,7-8,10H2,(H,17,18). The van der Waals surface area contributed by atoms with Gasteiger partial charge in [-0.1, -0.05) is 60.6 Å². The summed E-state index contributed by atoms with van der Waals surface area (Å²) >= 11 is 3.09. The molecule has 0 bridgehead atoms. The van der Waals surface area contributed by atoms with Gasteiger partial charge in [0, 0.05) is 11.8 Å². The maximum atomic E-state index is 13.5. The zero-order valence-corrected chi connectivity index (χ0v) is 13.4. The van der Waals surface area contributed by atoms with Gasteiger partial charge in [0.15, 0.2) is 4.34 Å². The Balaban J connectivity index is 1.54. The summed E-state index contributed by atoms with van der Waals surface area (Å²) in [6, 6.07) is 7.41. The summed E-state index contributed by atoms with van der Waals surface area (Å²) in [7, 11) is 0.